The zero-order valence-corrected chi connectivity index (χ0v) is 13.7. The topological polar surface area (TPSA) is 84.0 Å². The number of aryl methyl sites for hydroxylation is 1. The average Bonchev–Trinajstić information content (AvgIpc) is 2.83. The van der Waals surface area contributed by atoms with Gasteiger partial charge < -0.3 is 10.6 Å². The van der Waals surface area contributed by atoms with Crippen molar-refractivity contribution in [1.82, 2.24) is 15.5 Å². The summed E-state index contributed by atoms with van der Waals surface area (Å²) in [6.45, 7) is 3.22. The predicted octanol–water partition coefficient (Wildman–Crippen LogP) is 2.71. The van der Waals surface area contributed by atoms with E-state index in [-0.39, 0.29) is 18.2 Å². The van der Waals surface area contributed by atoms with Gasteiger partial charge in [0.2, 0.25) is 16.9 Å². The Labute approximate surface area is 136 Å². The van der Waals surface area contributed by atoms with Gasteiger partial charge in [-0.3, -0.25) is 9.59 Å². The molecule has 0 radical (unpaired) electrons. The lowest BCUT2D eigenvalue weighted by atomic mass is 10.0. The maximum Gasteiger partial charge on any atom is 0.228 e. The summed E-state index contributed by atoms with van der Waals surface area (Å²) in [5.74, 6) is -0.454. The third kappa shape index (κ3) is 4.78. The smallest absolute Gasteiger partial charge is 0.228 e. The van der Waals surface area contributed by atoms with Gasteiger partial charge in [0.15, 0.2) is 0 Å². The minimum atomic E-state index is -0.427. The van der Waals surface area contributed by atoms with Crippen molar-refractivity contribution in [3.63, 3.8) is 0 Å². The summed E-state index contributed by atoms with van der Waals surface area (Å²) in [5.41, 5.74) is 0.809. The van der Waals surface area contributed by atoms with E-state index in [0.29, 0.717) is 10.2 Å². The number of rotatable bonds is 5. The van der Waals surface area contributed by atoms with Gasteiger partial charge in [0.05, 0.1) is 12.5 Å². The molecule has 1 aromatic carbocycles. The number of nitrogens with one attached hydrogen (secondary N) is 2. The van der Waals surface area contributed by atoms with E-state index < -0.39 is 6.04 Å². The van der Waals surface area contributed by atoms with Crippen molar-refractivity contribution >= 4 is 39.9 Å². The first-order valence-corrected chi connectivity index (χ1v) is 7.76. The van der Waals surface area contributed by atoms with E-state index in [0.717, 1.165) is 10.6 Å². The van der Waals surface area contributed by atoms with Crippen LogP contribution in [0, 0.1) is 6.92 Å². The summed E-state index contributed by atoms with van der Waals surface area (Å²) in [6, 6.07) is 6.58. The molecule has 1 heterocycles. The molecule has 0 aliphatic rings. The molecule has 116 valence electrons. The highest BCUT2D eigenvalue weighted by molar-refractivity contribution is 7.15. The van der Waals surface area contributed by atoms with Crippen LogP contribution in [0.5, 0.6) is 0 Å². The highest BCUT2D eigenvalue weighted by Crippen LogP contribution is 2.21. The third-order valence-electron chi connectivity index (χ3n) is 2.81. The Morgan fingerprint density at radius 3 is 2.50 bits per heavy atom. The summed E-state index contributed by atoms with van der Waals surface area (Å²) in [6.07, 6.45) is 0.0971. The zero-order valence-electron chi connectivity index (χ0n) is 12.1. The number of aromatic nitrogens is 2. The number of hydrogen-bond donors (Lipinski definition) is 2. The van der Waals surface area contributed by atoms with E-state index in [2.05, 4.69) is 20.8 Å². The molecule has 0 unspecified atom stereocenters. The highest BCUT2D eigenvalue weighted by atomic mass is 35.5. The van der Waals surface area contributed by atoms with E-state index in [1.165, 1.54) is 18.3 Å². The molecule has 2 N–H and O–H groups in total. The number of amides is 2. The van der Waals surface area contributed by atoms with Gasteiger partial charge in [-0.1, -0.05) is 35.1 Å². The molecule has 8 heteroatoms. The molecule has 22 heavy (non-hydrogen) atoms. The quantitative estimate of drug-likeness (QED) is 0.878. The number of carbonyl (C=O) groups excluding carboxylic acids is 2. The Balaban J connectivity index is 2.07. The molecule has 1 aromatic heterocycles. The van der Waals surface area contributed by atoms with Gasteiger partial charge >= 0.3 is 0 Å². The van der Waals surface area contributed by atoms with Crippen LogP contribution in [-0.2, 0) is 9.59 Å². The first-order chi connectivity index (χ1) is 10.4. The number of hydrogen-bond acceptors (Lipinski definition) is 5. The van der Waals surface area contributed by atoms with Crippen molar-refractivity contribution in [1.29, 1.82) is 0 Å². The van der Waals surface area contributed by atoms with E-state index in [1.807, 2.05) is 0 Å². The average molecular weight is 339 g/mol. The fourth-order valence-corrected chi connectivity index (χ4v) is 2.63. The molecule has 0 saturated carbocycles. The molecule has 0 aliphatic heterocycles. The summed E-state index contributed by atoms with van der Waals surface area (Å²) in [5, 5.41) is 14.9. The third-order valence-corrected chi connectivity index (χ3v) is 3.82. The van der Waals surface area contributed by atoms with Crippen LogP contribution < -0.4 is 10.6 Å². The molecule has 0 spiro atoms. The monoisotopic (exact) mass is 338 g/mol. The Morgan fingerprint density at radius 2 is 1.95 bits per heavy atom. The SMILES string of the molecule is CC(=O)N[C@@H](CC(=O)Nc1nnc(C)s1)c1ccc(Cl)cc1. The lowest BCUT2D eigenvalue weighted by Crippen LogP contribution is -2.29. The van der Waals surface area contributed by atoms with Crippen molar-refractivity contribution in [3.8, 4) is 0 Å². The summed E-state index contributed by atoms with van der Waals surface area (Å²) in [4.78, 5) is 23.5. The van der Waals surface area contributed by atoms with Crippen LogP contribution >= 0.6 is 22.9 Å². The molecular formula is C14H15ClN4O2S. The largest absolute Gasteiger partial charge is 0.349 e. The van der Waals surface area contributed by atoms with Crippen molar-refractivity contribution in [2.75, 3.05) is 5.32 Å². The number of nitrogens with zero attached hydrogens (tertiary/aromatic N) is 2. The van der Waals surface area contributed by atoms with Crippen LogP contribution in [0.15, 0.2) is 24.3 Å². The van der Waals surface area contributed by atoms with Gasteiger partial charge in [0, 0.05) is 11.9 Å². The molecule has 0 fully saturated rings. The standard InChI is InChI=1S/C14H15ClN4O2S/c1-8(20)16-12(10-3-5-11(15)6-4-10)7-13(21)17-14-19-18-9(2)22-14/h3-6,12H,7H2,1-2H3,(H,16,20)(H,17,19,21)/t12-/m0/s1. The second-order valence-electron chi connectivity index (χ2n) is 4.68. The van der Waals surface area contributed by atoms with E-state index in [1.54, 1.807) is 31.2 Å². The summed E-state index contributed by atoms with van der Waals surface area (Å²) in [7, 11) is 0. The molecule has 0 bridgehead atoms. The molecule has 1 atom stereocenters. The van der Waals surface area contributed by atoms with Crippen molar-refractivity contribution < 1.29 is 9.59 Å². The minimum Gasteiger partial charge on any atom is -0.349 e. The molecule has 2 amide bonds. The van der Waals surface area contributed by atoms with Crippen LogP contribution in [0.2, 0.25) is 5.02 Å². The summed E-state index contributed by atoms with van der Waals surface area (Å²) < 4.78 is 0. The van der Waals surface area contributed by atoms with Crippen LogP contribution in [0.25, 0.3) is 0 Å². The molecule has 0 saturated heterocycles. The van der Waals surface area contributed by atoms with Crippen molar-refractivity contribution in [3.05, 3.63) is 39.9 Å². The minimum absolute atomic E-state index is 0.0971. The number of carbonyl (C=O) groups is 2. The first kappa shape index (κ1) is 16.4. The number of halogens is 1. The first-order valence-electron chi connectivity index (χ1n) is 6.56. The fourth-order valence-electron chi connectivity index (χ4n) is 1.90. The van der Waals surface area contributed by atoms with Gasteiger partial charge in [-0.25, -0.2) is 0 Å². The summed E-state index contributed by atoms with van der Waals surface area (Å²) >= 11 is 7.15. The molecule has 2 rings (SSSR count). The Bertz CT molecular complexity index is 672. The van der Waals surface area contributed by atoms with Crippen molar-refractivity contribution in [2.45, 2.75) is 26.3 Å². The van der Waals surface area contributed by atoms with E-state index >= 15 is 0 Å². The normalized spacial score (nSPS) is 11.8. The van der Waals surface area contributed by atoms with Crippen LogP contribution in [0.3, 0.4) is 0 Å². The van der Waals surface area contributed by atoms with Gasteiger partial charge in [-0.2, -0.15) is 0 Å². The zero-order chi connectivity index (χ0) is 16.1. The van der Waals surface area contributed by atoms with Crippen LogP contribution in [0.4, 0.5) is 5.13 Å². The van der Waals surface area contributed by atoms with E-state index in [4.69, 9.17) is 11.6 Å². The Hall–Kier alpha value is -1.99. The maximum atomic E-state index is 12.1. The molecule has 2 aromatic rings. The number of anilines is 1. The second kappa shape index (κ2) is 7.33. The Kier molecular flexibility index (Phi) is 5.46. The van der Waals surface area contributed by atoms with Gasteiger partial charge in [-0.05, 0) is 24.6 Å². The Morgan fingerprint density at radius 1 is 1.27 bits per heavy atom. The van der Waals surface area contributed by atoms with Crippen LogP contribution in [-0.4, -0.2) is 22.0 Å². The van der Waals surface area contributed by atoms with Gasteiger partial charge in [0.25, 0.3) is 0 Å². The van der Waals surface area contributed by atoms with Crippen molar-refractivity contribution in [2.24, 2.45) is 0 Å². The fraction of sp³-hybridized carbons (Fsp3) is 0.286. The van der Waals surface area contributed by atoms with Gasteiger partial charge in [-0.15, -0.1) is 10.2 Å². The molecule has 6 nitrogen and oxygen atoms in total. The highest BCUT2D eigenvalue weighted by Gasteiger charge is 2.18. The molecule has 0 aliphatic carbocycles. The maximum absolute atomic E-state index is 12.1. The lowest BCUT2D eigenvalue weighted by molar-refractivity contribution is -0.120. The van der Waals surface area contributed by atoms with E-state index in [9.17, 15) is 9.59 Å². The van der Waals surface area contributed by atoms with Gasteiger partial charge in [0.1, 0.15) is 5.01 Å². The second-order valence-corrected chi connectivity index (χ2v) is 6.30. The molecular weight excluding hydrogens is 324 g/mol. The van der Waals surface area contributed by atoms with Crippen LogP contribution in [0.1, 0.15) is 30.0 Å². The lowest BCUT2D eigenvalue weighted by Gasteiger charge is -2.17. The predicted molar refractivity (Wildman–Crippen MR) is 85.9 cm³/mol. The number of benzene rings is 1.